The van der Waals surface area contributed by atoms with Crippen LogP contribution in [0.3, 0.4) is 0 Å². The second kappa shape index (κ2) is 8.98. The van der Waals surface area contributed by atoms with Crippen molar-refractivity contribution in [3.05, 3.63) is 65.0 Å². The van der Waals surface area contributed by atoms with Gasteiger partial charge in [-0.1, -0.05) is 12.1 Å². The first-order chi connectivity index (χ1) is 12.3. The SMILES string of the molecule is CCNC(=NCc1ccc(-n2ccnc2)nc1)NCCc1cccs1. The van der Waals surface area contributed by atoms with Crippen molar-refractivity contribution in [2.75, 3.05) is 13.1 Å². The minimum absolute atomic E-state index is 0.589. The first-order valence-corrected chi connectivity index (χ1v) is 9.21. The minimum Gasteiger partial charge on any atom is -0.357 e. The first kappa shape index (κ1) is 17.2. The Balaban J connectivity index is 1.55. The van der Waals surface area contributed by atoms with E-state index in [1.54, 1.807) is 23.9 Å². The minimum atomic E-state index is 0.589. The van der Waals surface area contributed by atoms with E-state index >= 15 is 0 Å². The number of hydrogen-bond acceptors (Lipinski definition) is 4. The van der Waals surface area contributed by atoms with Crippen LogP contribution >= 0.6 is 11.3 Å². The predicted molar refractivity (Wildman–Crippen MR) is 102 cm³/mol. The Labute approximate surface area is 151 Å². The second-order valence-electron chi connectivity index (χ2n) is 5.45. The Morgan fingerprint density at radius 1 is 1.28 bits per heavy atom. The zero-order valence-corrected chi connectivity index (χ0v) is 15.0. The van der Waals surface area contributed by atoms with Gasteiger partial charge in [0.05, 0.1) is 6.54 Å². The molecular formula is C18H22N6S. The monoisotopic (exact) mass is 354 g/mol. The molecule has 0 fully saturated rings. The van der Waals surface area contributed by atoms with Crippen LogP contribution in [0.2, 0.25) is 0 Å². The van der Waals surface area contributed by atoms with Gasteiger partial charge in [0.25, 0.3) is 0 Å². The summed E-state index contributed by atoms with van der Waals surface area (Å²) in [7, 11) is 0. The normalized spacial score (nSPS) is 11.5. The van der Waals surface area contributed by atoms with E-state index in [9.17, 15) is 0 Å². The van der Waals surface area contributed by atoms with Gasteiger partial charge in [-0.05, 0) is 36.4 Å². The summed E-state index contributed by atoms with van der Waals surface area (Å²) in [6.45, 7) is 4.36. The van der Waals surface area contributed by atoms with Crippen LogP contribution in [0.25, 0.3) is 5.82 Å². The van der Waals surface area contributed by atoms with Crippen LogP contribution in [-0.2, 0) is 13.0 Å². The topological polar surface area (TPSA) is 67.1 Å². The number of aromatic nitrogens is 3. The van der Waals surface area contributed by atoms with Gasteiger partial charge >= 0.3 is 0 Å². The maximum atomic E-state index is 4.63. The number of imidazole rings is 1. The lowest BCUT2D eigenvalue weighted by Crippen LogP contribution is -2.38. The second-order valence-corrected chi connectivity index (χ2v) is 6.48. The molecule has 0 aliphatic rings. The molecule has 0 atom stereocenters. The standard InChI is InChI=1S/C18H22N6S/c1-2-20-18(21-8-7-16-4-3-11-25-16)23-13-15-5-6-17(22-12-15)24-10-9-19-14-24/h3-6,9-12,14H,2,7-8,13H2,1H3,(H2,20,21,23). The predicted octanol–water partition coefficient (Wildman–Crippen LogP) is 2.63. The Bertz CT molecular complexity index is 763. The molecule has 2 N–H and O–H groups in total. The maximum absolute atomic E-state index is 4.63. The molecule has 0 aliphatic heterocycles. The Morgan fingerprint density at radius 2 is 2.24 bits per heavy atom. The fourth-order valence-corrected chi connectivity index (χ4v) is 3.04. The molecule has 6 nitrogen and oxygen atoms in total. The zero-order valence-electron chi connectivity index (χ0n) is 14.2. The number of nitrogens with one attached hydrogen (secondary N) is 2. The quantitative estimate of drug-likeness (QED) is 0.506. The Hall–Kier alpha value is -2.67. The molecule has 25 heavy (non-hydrogen) atoms. The summed E-state index contributed by atoms with van der Waals surface area (Å²) in [5.74, 6) is 1.68. The van der Waals surface area contributed by atoms with Crippen molar-refractivity contribution in [3.8, 4) is 5.82 Å². The van der Waals surface area contributed by atoms with Crippen molar-refractivity contribution in [2.24, 2.45) is 4.99 Å². The molecule has 0 saturated carbocycles. The van der Waals surface area contributed by atoms with Crippen LogP contribution in [0, 0.1) is 0 Å². The van der Waals surface area contributed by atoms with E-state index in [2.05, 4.69) is 50.0 Å². The van der Waals surface area contributed by atoms with Crippen molar-refractivity contribution in [1.29, 1.82) is 0 Å². The van der Waals surface area contributed by atoms with Gasteiger partial charge in [0, 0.05) is 36.6 Å². The summed E-state index contributed by atoms with van der Waals surface area (Å²) in [6.07, 6.45) is 8.21. The molecule has 3 heterocycles. The lowest BCUT2D eigenvalue weighted by atomic mass is 10.3. The van der Waals surface area contributed by atoms with Gasteiger partial charge < -0.3 is 10.6 Å². The van der Waals surface area contributed by atoms with Gasteiger partial charge in [0.15, 0.2) is 5.96 Å². The molecule has 0 unspecified atom stereocenters. The smallest absolute Gasteiger partial charge is 0.191 e. The third-order valence-electron chi connectivity index (χ3n) is 3.59. The molecule has 3 aromatic heterocycles. The summed E-state index contributed by atoms with van der Waals surface area (Å²) < 4.78 is 1.88. The fourth-order valence-electron chi connectivity index (χ4n) is 2.33. The van der Waals surface area contributed by atoms with Crippen LogP contribution in [0.1, 0.15) is 17.4 Å². The van der Waals surface area contributed by atoms with E-state index < -0.39 is 0 Å². The largest absolute Gasteiger partial charge is 0.357 e. The summed E-state index contributed by atoms with van der Waals surface area (Å²) in [5.41, 5.74) is 1.07. The molecule has 0 bridgehead atoms. The molecule has 0 aliphatic carbocycles. The lowest BCUT2D eigenvalue weighted by molar-refractivity contribution is 0.804. The van der Waals surface area contributed by atoms with Crippen LogP contribution in [-0.4, -0.2) is 33.6 Å². The molecule has 3 aromatic rings. The van der Waals surface area contributed by atoms with E-state index in [0.717, 1.165) is 36.9 Å². The van der Waals surface area contributed by atoms with Crippen LogP contribution in [0.15, 0.2) is 59.6 Å². The molecule has 0 saturated heterocycles. The van der Waals surface area contributed by atoms with Crippen molar-refractivity contribution >= 4 is 17.3 Å². The number of nitrogens with zero attached hydrogens (tertiary/aromatic N) is 4. The number of rotatable bonds is 7. The summed E-state index contributed by atoms with van der Waals surface area (Å²) in [4.78, 5) is 14.5. The summed E-state index contributed by atoms with van der Waals surface area (Å²) >= 11 is 1.78. The van der Waals surface area contributed by atoms with Crippen molar-refractivity contribution in [2.45, 2.75) is 19.9 Å². The summed E-state index contributed by atoms with van der Waals surface area (Å²) in [5, 5.41) is 8.76. The van der Waals surface area contributed by atoms with Gasteiger partial charge in [-0.2, -0.15) is 0 Å². The number of aliphatic imine (C=N–C) groups is 1. The van der Waals surface area contributed by atoms with Crippen molar-refractivity contribution in [3.63, 3.8) is 0 Å². The third-order valence-corrected chi connectivity index (χ3v) is 4.52. The molecule has 0 aromatic carbocycles. The Kier molecular flexibility index (Phi) is 6.17. The maximum Gasteiger partial charge on any atom is 0.191 e. The third kappa shape index (κ3) is 5.15. The average Bonchev–Trinajstić information content (AvgIpc) is 3.34. The highest BCUT2D eigenvalue weighted by Gasteiger charge is 2.01. The molecule has 7 heteroatoms. The molecular weight excluding hydrogens is 332 g/mol. The van der Waals surface area contributed by atoms with E-state index in [1.807, 2.05) is 29.1 Å². The molecule has 0 amide bonds. The number of guanidine groups is 1. The number of thiophene rings is 1. The van der Waals surface area contributed by atoms with Crippen LogP contribution in [0.4, 0.5) is 0 Å². The Morgan fingerprint density at radius 3 is 2.92 bits per heavy atom. The molecule has 0 spiro atoms. The van der Waals surface area contributed by atoms with E-state index in [1.165, 1.54) is 4.88 Å². The lowest BCUT2D eigenvalue weighted by Gasteiger charge is -2.11. The van der Waals surface area contributed by atoms with Crippen LogP contribution in [0.5, 0.6) is 0 Å². The number of hydrogen-bond donors (Lipinski definition) is 2. The van der Waals surface area contributed by atoms with E-state index in [-0.39, 0.29) is 0 Å². The van der Waals surface area contributed by atoms with Crippen molar-refractivity contribution in [1.82, 2.24) is 25.2 Å². The van der Waals surface area contributed by atoms with Gasteiger partial charge in [-0.15, -0.1) is 11.3 Å². The average molecular weight is 354 g/mol. The zero-order chi connectivity index (χ0) is 17.3. The van der Waals surface area contributed by atoms with Gasteiger partial charge in [0.2, 0.25) is 0 Å². The van der Waals surface area contributed by atoms with Gasteiger partial charge in [-0.25, -0.2) is 15.0 Å². The molecule has 3 rings (SSSR count). The summed E-state index contributed by atoms with van der Waals surface area (Å²) in [6, 6.07) is 8.26. The van der Waals surface area contributed by atoms with E-state index in [4.69, 9.17) is 0 Å². The molecule has 130 valence electrons. The number of pyridine rings is 1. The highest BCUT2D eigenvalue weighted by Crippen LogP contribution is 2.08. The van der Waals surface area contributed by atoms with Gasteiger partial charge in [0.1, 0.15) is 12.1 Å². The highest BCUT2D eigenvalue weighted by molar-refractivity contribution is 7.09. The molecule has 0 radical (unpaired) electrons. The van der Waals surface area contributed by atoms with Gasteiger partial charge in [-0.3, -0.25) is 4.57 Å². The van der Waals surface area contributed by atoms with E-state index in [0.29, 0.717) is 6.54 Å². The highest BCUT2D eigenvalue weighted by atomic mass is 32.1. The fraction of sp³-hybridized carbons (Fsp3) is 0.278. The van der Waals surface area contributed by atoms with Crippen molar-refractivity contribution < 1.29 is 0 Å². The van der Waals surface area contributed by atoms with Crippen LogP contribution < -0.4 is 10.6 Å². The first-order valence-electron chi connectivity index (χ1n) is 8.33.